The Morgan fingerprint density at radius 1 is 0.969 bits per heavy atom. The number of carboxylic acids is 1. The zero-order valence-electron chi connectivity index (χ0n) is 18.9. The molecule has 4 atom stereocenters. The third-order valence-corrected chi connectivity index (χ3v) is 7.29. The van der Waals surface area contributed by atoms with Gasteiger partial charge in [-0.2, -0.15) is 0 Å². The van der Waals surface area contributed by atoms with Crippen LogP contribution in [0.25, 0.3) is 21.5 Å². The monoisotopic (exact) mass is 428 g/mol. The number of hydrogen-bond acceptors (Lipinski definition) is 3. The van der Waals surface area contributed by atoms with E-state index in [2.05, 4.69) is 39.0 Å². The average molecular weight is 429 g/mol. The number of carbonyl (C=O) groups is 2. The van der Waals surface area contributed by atoms with E-state index >= 15 is 0 Å². The van der Waals surface area contributed by atoms with Crippen molar-refractivity contribution in [1.82, 2.24) is 0 Å². The number of carboxylic acid groups (broad SMARTS) is 1. The third-order valence-electron chi connectivity index (χ3n) is 7.29. The van der Waals surface area contributed by atoms with Gasteiger partial charge in [-0.05, 0) is 53.0 Å². The van der Waals surface area contributed by atoms with Gasteiger partial charge in [0, 0.05) is 10.8 Å². The fourth-order valence-electron chi connectivity index (χ4n) is 5.83. The highest BCUT2D eigenvalue weighted by atomic mass is 16.5. The van der Waals surface area contributed by atoms with Crippen molar-refractivity contribution < 1.29 is 19.4 Å². The number of hydrogen-bond donors (Lipinski definition) is 1. The minimum Gasteiger partial charge on any atom is -0.481 e. The van der Waals surface area contributed by atoms with Gasteiger partial charge in [0.1, 0.15) is 5.75 Å². The molecule has 2 bridgehead atoms. The van der Waals surface area contributed by atoms with Crippen LogP contribution in [0.4, 0.5) is 0 Å². The molecule has 0 amide bonds. The second-order valence-electron chi connectivity index (χ2n) is 10.3. The van der Waals surface area contributed by atoms with Crippen LogP contribution in [0.1, 0.15) is 39.7 Å². The molecule has 164 valence electrons. The van der Waals surface area contributed by atoms with Gasteiger partial charge >= 0.3 is 11.9 Å². The van der Waals surface area contributed by atoms with E-state index in [9.17, 15) is 14.7 Å². The van der Waals surface area contributed by atoms with Gasteiger partial charge in [-0.1, -0.05) is 74.9 Å². The third kappa shape index (κ3) is 3.12. The van der Waals surface area contributed by atoms with Crippen molar-refractivity contribution in [3.05, 3.63) is 65.7 Å². The van der Waals surface area contributed by atoms with Crippen LogP contribution in [0.5, 0.6) is 5.75 Å². The van der Waals surface area contributed by atoms with Crippen molar-refractivity contribution in [3.63, 3.8) is 0 Å². The number of esters is 1. The molecule has 0 aromatic heterocycles. The smallest absolute Gasteiger partial charge is 0.315 e. The Morgan fingerprint density at radius 2 is 1.69 bits per heavy atom. The van der Waals surface area contributed by atoms with E-state index in [1.807, 2.05) is 43.3 Å². The van der Waals surface area contributed by atoms with Crippen LogP contribution >= 0.6 is 0 Å². The first-order valence-corrected chi connectivity index (χ1v) is 11.2. The molecule has 0 saturated heterocycles. The van der Waals surface area contributed by atoms with Gasteiger partial charge in [0.2, 0.25) is 0 Å². The molecule has 32 heavy (non-hydrogen) atoms. The van der Waals surface area contributed by atoms with Gasteiger partial charge in [0.05, 0.1) is 11.8 Å². The Bertz CT molecular complexity index is 1290. The molecule has 2 aliphatic rings. The first kappa shape index (κ1) is 20.7. The van der Waals surface area contributed by atoms with Gasteiger partial charge in [-0.3, -0.25) is 9.59 Å². The average Bonchev–Trinajstić information content (AvgIpc) is 3.29. The Kier molecular flexibility index (Phi) is 4.66. The number of carbonyl (C=O) groups excluding carboxylic acids is 1. The number of rotatable bonds is 3. The lowest BCUT2D eigenvalue weighted by Gasteiger charge is -2.26. The van der Waals surface area contributed by atoms with E-state index < -0.39 is 23.8 Å². The second kappa shape index (κ2) is 7.19. The van der Waals surface area contributed by atoms with E-state index in [-0.39, 0.29) is 17.3 Å². The van der Waals surface area contributed by atoms with Crippen molar-refractivity contribution >= 4 is 33.5 Å². The van der Waals surface area contributed by atoms with Gasteiger partial charge < -0.3 is 9.84 Å². The number of aliphatic carboxylic acids is 1. The van der Waals surface area contributed by atoms with Crippen LogP contribution in [-0.4, -0.2) is 17.0 Å². The van der Waals surface area contributed by atoms with Gasteiger partial charge in [-0.25, -0.2) is 0 Å². The maximum Gasteiger partial charge on any atom is 0.315 e. The summed E-state index contributed by atoms with van der Waals surface area (Å²) >= 11 is 0. The number of benzene rings is 3. The van der Waals surface area contributed by atoms with Gasteiger partial charge in [-0.15, -0.1) is 0 Å². The van der Waals surface area contributed by atoms with Crippen LogP contribution in [-0.2, 0) is 15.0 Å². The van der Waals surface area contributed by atoms with Crippen molar-refractivity contribution in [2.45, 2.75) is 39.5 Å². The molecule has 2 aliphatic carbocycles. The standard InChI is InChI=1S/C28H28O4/c1-15-12-17-14-20(15)24(26(29)30)23(17)27(31)32-25-18-9-6-5-8-16(18)13-21-19(25)10-7-11-22(21)28(2,3)4/h5-13,17,20,23-24H,14H2,1-4H3,(H,29,30). The minimum atomic E-state index is -0.912. The molecule has 1 N–H and O–H groups in total. The predicted molar refractivity (Wildman–Crippen MR) is 126 cm³/mol. The highest BCUT2D eigenvalue weighted by Crippen LogP contribution is 2.52. The molecule has 1 fully saturated rings. The molecule has 0 heterocycles. The van der Waals surface area contributed by atoms with E-state index in [1.165, 1.54) is 5.56 Å². The fourth-order valence-corrected chi connectivity index (χ4v) is 5.83. The molecule has 5 rings (SSSR count). The Morgan fingerprint density at radius 3 is 2.41 bits per heavy atom. The SMILES string of the molecule is CC1=CC2CC1C(C(=O)O)C2C(=O)Oc1c2ccccc2cc2c(C(C)(C)C)cccc12. The summed E-state index contributed by atoms with van der Waals surface area (Å²) in [5.74, 6) is -2.34. The second-order valence-corrected chi connectivity index (χ2v) is 10.3. The first-order chi connectivity index (χ1) is 15.2. The van der Waals surface area contributed by atoms with Gasteiger partial charge in [0.15, 0.2) is 0 Å². The lowest BCUT2D eigenvalue weighted by atomic mass is 9.80. The maximum absolute atomic E-state index is 13.5. The van der Waals surface area contributed by atoms with Crippen molar-refractivity contribution in [3.8, 4) is 5.75 Å². The molecule has 1 saturated carbocycles. The Hall–Kier alpha value is -3.14. The molecular formula is C28H28O4. The topological polar surface area (TPSA) is 63.6 Å². The molecule has 4 heteroatoms. The number of allylic oxidation sites excluding steroid dienone is 2. The molecule has 3 aromatic carbocycles. The van der Waals surface area contributed by atoms with Crippen molar-refractivity contribution in [2.24, 2.45) is 23.7 Å². The molecule has 3 aromatic rings. The van der Waals surface area contributed by atoms with E-state index in [1.54, 1.807) is 0 Å². The molecule has 4 nitrogen and oxygen atoms in total. The summed E-state index contributed by atoms with van der Waals surface area (Å²) in [6.45, 7) is 8.48. The zero-order valence-corrected chi connectivity index (χ0v) is 18.9. The molecule has 0 radical (unpaired) electrons. The molecule has 4 unspecified atom stereocenters. The van der Waals surface area contributed by atoms with E-state index in [4.69, 9.17) is 4.74 Å². The zero-order chi connectivity index (χ0) is 22.8. The predicted octanol–water partition coefficient (Wildman–Crippen LogP) is 6.11. The summed E-state index contributed by atoms with van der Waals surface area (Å²) in [6.07, 6.45) is 2.78. The summed E-state index contributed by atoms with van der Waals surface area (Å²) < 4.78 is 6.13. The largest absolute Gasteiger partial charge is 0.481 e. The van der Waals surface area contributed by atoms with Crippen LogP contribution in [0.2, 0.25) is 0 Å². The summed E-state index contributed by atoms with van der Waals surface area (Å²) in [7, 11) is 0. The Balaban J connectivity index is 1.65. The van der Waals surface area contributed by atoms with Crippen LogP contribution < -0.4 is 4.74 Å². The fraction of sp³-hybridized carbons (Fsp3) is 0.357. The van der Waals surface area contributed by atoms with Crippen LogP contribution in [0.15, 0.2) is 60.2 Å². The summed E-state index contributed by atoms with van der Waals surface area (Å²) in [4.78, 5) is 25.5. The number of fused-ring (bicyclic) bond motifs is 4. The summed E-state index contributed by atoms with van der Waals surface area (Å²) in [5, 5.41) is 13.7. The van der Waals surface area contributed by atoms with Crippen molar-refractivity contribution in [2.75, 3.05) is 0 Å². The number of ether oxygens (including phenoxy) is 1. The van der Waals surface area contributed by atoms with Gasteiger partial charge in [0.25, 0.3) is 0 Å². The minimum absolute atomic E-state index is 0.0695. The maximum atomic E-state index is 13.5. The summed E-state index contributed by atoms with van der Waals surface area (Å²) in [6, 6.07) is 16.2. The highest BCUT2D eigenvalue weighted by molar-refractivity contribution is 6.08. The summed E-state index contributed by atoms with van der Waals surface area (Å²) in [5.41, 5.74) is 2.18. The van der Waals surface area contributed by atoms with Crippen molar-refractivity contribution in [1.29, 1.82) is 0 Å². The lowest BCUT2D eigenvalue weighted by molar-refractivity contribution is -0.152. The van der Waals surface area contributed by atoms with Crippen LogP contribution in [0.3, 0.4) is 0 Å². The van der Waals surface area contributed by atoms with E-state index in [0.717, 1.165) is 27.1 Å². The molecule has 0 spiro atoms. The Labute approximate surface area is 187 Å². The lowest BCUT2D eigenvalue weighted by Crippen LogP contribution is -2.36. The molecule has 0 aliphatic heterocycles. The first-order valence-electron chi connectivity index (χ1n) is 11.2. The van der Waals surface area contributed by atoms with Crippen LogP contribution in [0, 0.1) is 23.7 Å². The normalized spacial score (nSPS) is 24.7. The molecular weight excluding hydrogens is 400 g/mol. The highest BCUT2D eigenvalue weighted by Gasteiger charge is 2.54. The quantitative estimate of drug-likeness (QED) is 0.237. The van der Waals surface area contributed by atoms with E-state index in [0.29, 0.717) is 12.2 Å².